The molecule has 0 aliphatic rings. The Labute approximate surface area is 121 Å². The highest BCUT2D eigenvalue weighted by atomic mass is 35.5. The van der Waals surface area contributed by atoms with E-state index in [4.69, 9.17) is 16.9 Å². The van der Waals surface area contributed by atoms with E-state index in [1.165, 1.54) is 6.08 Å². The highest BCUT2D eigenvalue weighted by molar-refractivity contribution is 6.34. The number of hydrogen-bond donors (Lipinski definition) is 1. The predicted octanol–water partition coefficient (Wildman–Crippen LogP) is 3.28. The van der Waals surface area contributed by atoms with Gasteiger partial charge in [0, 0.05) is 12.4 Å². The Bertz CT molecular complexity index is 690. The lowest BCUT2D eigenvalue weighted by Crippen LogP contribution is -2.13. The molecule has 0 saturated carbocycles. The molecule has 0 bridgehead atoms. The van der Waals surface area contributed by atoms with E-state index in [1.54, 1.807) is 48.8 Å². The lowest BCUT2D eigenvalue weighted by Gasteiger charge is -2.05. The Morgan fingerprint density at radius 3 is 2.60 bits per heavy atom. The van der Waals surface area contributed by atoms with Crippen LogP contribution in [0.2, 0.25) is 5.02 Å². The van der Waals surface area contributed by atoms with Crippen LogP contribution in [-0.4, -0.2) is 10.9 Å². The molecule has 5 heteroatoms. The molecule has 0 spiro atoms. The van der Waals surface area contributed by atoms with Gasteiger partial charge >= 0.3 is 0 Å². The summed E-state index contributed by atoms with van der Waals surface area (Å²) in [5, 5.41) is 12.1. The zero-order chi connectivity index (χ0) is 14.4. The highest BCUT2D eigenvalue weighted by Gasteiger charge is 2.10. The fourth-order valence-corrected chi connectivity index (χ4v) is 1.71. The number of anilines is 1. The molecule has 0 atom stereocenters. The molecule has 0 radical (unpaired) electrons. The van der Waals surface area contributed by atoms with Crippen molar-refractivity contribution in [3.8, 4) is 6.07 Å². The largest absolute Gasteiger partial charge is 0.320 e. The van der Waals surface area contributed by atoms with Gasteiger partial charge in [-0.15, -0.1) is 0 Å². The zero-order valence-corrected chi connectivity index (χ0v) is 11.1. The number of hydrogen-bond acceptors (Lipinski definition) is 3. The lowest BCUT2D eigenvalue weighted by atomic mass is 10.1. The molecule has 4 nitrogen and oxygen atoms in total. The van der Waals surface area contributed by atoms with Crippen LogP contribution in [0.5, 0.6) is 0 Å². The van der Waals surface area contributed by atoms with E-state index in [0.717, 1.165) is 5.56 Å². The Balaban J connectivity index is 2.21. The fourth-order valence-electron chi connectivity index (χ4n) is 1.53. The van der Waals surface area contributed by atoms with E-state index in [9.17, 15) is 4.79 Å². The number of aromatic nitrogens is 1. The van der Waals surface area contributed by atoms with Gasteiger partial charge in [-0.05, 0) is 35.9 Å². The third-order valence-electron chi connectivity index (χ3n) is 2.50. The topological polar surface area (TPSA) is 65.8 Å². The van der Waals surface area contributed by atoms with E-state index in [0.29, 0.717) is 10.7 Å². The van der Waals surface area contributed by atoms with Gasteiger partial charge in [0.1, 0.15) is 11.6 Å². The number of nitrogens with zero attached hydrogens (tertiary/aromatic N) is 2. The van der Waals surface area contributed by atoms with Crippen LogP contribution in [0, 0.1) is 11.3 Å². The molecule has 1 aromatic carbocycles. The molecule has 0 unspecified atom stereocenters. The van der Waals surface area contributed by atoms with Crippen molar-refractivity contribution >= 4 is 29.3 Å². The van der Waals surface area contributed by atoms with Gasteiger partial charge in [0.25, 0.3) is 5.91 Å². The maximum absolute atomic E-state index is 12.0. The number of pyridine rings is 1. The number of benzene rings is 1. The van der Waals surface area contributed by atoms with Gasteiger partial charge in [-0.2, -0.15) is 5.26 Å². The van der Waals surface area contributed by atoms with Crippen LogP contribution in [0.4, 0.5) is 5.69 Å². The normalized spacial score (nSPS) is 10.7. The van der Waals surface area contributed by atoms with Gasteiger partial charge in [-0.3, -0.25) is 9.78 Å². The van der Waals surface area contributed by atoms with Crippen molar-refractivity contribution in [1.82, 2.24) is 4.98 Å². The molecular weight excluding hydrogens is 274 g/mol. The summed E-state index contributed by atoms with van der Waals surface area (Å²) in [5.74, 6) is -0.502. The summed E-state index contributed by atoms with van der Waals surface area (Å²) in [5.41, 5.74) is 1.19. The first-order chi connectivity index (χ1) is 9.70. The van der Waals surface area contributed by atoms with Crippen LogP contribution in [-0.2, 0) is 4.79 Å². The Kier molecular flexibility index (Phi) is 4.48. The van der Waals surface area contributed by atoms with Gasteiger partial charge in [-0.1, -0.05) is 23.7 Å². The number of amides is 1. The summed E-state index contributed by atoms with van der Waals surface area (Å²) >= 11 is 5.95. The van der Waals surface area contributed by atoms with Crippen LogP contribution in [0.3, 0.4) is 0 Å². The third kappa shape index (κ3) is 3.44. The second-order valence-corrected chi connectivity index (χ2v) is 4.29. The van der Waals surface area contributed by atoms with Gasteiger partial charge in [-0.25, -0.2) is 0 Å². The summed E-state index contributed by atoms with van der Waals surface area (Å²) < 4.78 is 0. The molecule has 20 heavy (non-hydrogen) atoms. The lowest BCUT2D eigenvalue weighted by molar-refractivity contribution is -0.112. The van der Waals surface area contributed by atoms with Crippen LogP contribution in [0.25, 0.3) is 6.08 Å². The number of nitriles is 1. The maximum atomic E-state index is 12.0. The number of nitrogens with one attached hydrogen (secondary N) is 1. The standard InChI is InChI=1S/C15H10ClN3O/c16-13-3-1-2-4-14(13)19-15(20)12(10-17)9-11-5-7-18-8-6-11/h1-9H,(H,19,20)/b12-9+. The quantitative estimate of drug-likeness (QED) is 0.694. The molecule has 0 aliphatic carbocycles. The molecule has 1 heterocycles. The average Bonchev–Trinajstić information content (AvgIpc) is 2.48. The molecule has 1 aromatic heterocycles. The molecule has 0 fully saturated rings. The van der Waals surface area contributed by atoms with E-state index >= 15 is 0 Å². The van der Waals surface area contributed by atoms with Crippen molar-refractivity contribution in [2.24, 2.45) is 0 Å². The van der Waals surface area contributed by atoms with Crippen LogP contribution < -0.4 is 5.32 Å². The minimum atomic E-state index is -0.502. The predicted molar refractivity (Wildman–Crippen MR) is 77.9 cm³/mol. The van der Waals surface area contributed by atoms with Crippen molar-refractivity contribution in [1.29, 1.82) is 5.26 Å². The second kappa shape index (κ2) is 6.50. The average molecular weight is 284 g/mol. The Hall–Kier alpha value is -2.64. The molecule has 2 rings (SSSR count). The number of halogens is 1. The number of carbonyl (C=O) groups excluding carboxylic acids is 1. The van der Waals surface area contributed by atoms with E-state index in [2.05, 4.69) is 10.3 Å². The van der Waals surface area contributed by atoms with Crippen LogP contribution in [0.15, 0.2) is 54.4 Å². The van der Waals surface area contributed by atoms with Crippen molar-refractivity contribution in [2.75, 3.05) is 5.32 Å². The van der Waals surface area contributed by atoms with Crippen LogP contribution >= 0.6 is 11.6 Å². The number of rotatable bonds is 3. The number of para-hydroxylation sites is 1. The highest BCUT2D eigenvalue weighted by Crippen LogP contribution is 2.21. The second-order valence-electron chi connectivity index (χ2n) is 3.88. The van der Waals surface area contributed by atoms with Gasteiger partial charge in [0.05, 0.1) is 10.7 Å². The molecular formula is C15H10ClN3O. The first-order valence-corrected chi connectivity index (χ1v) is 6.16. The minimum Gasteiger partial charge on any atom is -0.320 e. The van der Waals surface area contributed by atoms with Gasteiger partial charge in [0.2, 0.25) is 0 Å². The third-order valence-corrected chi connectivity index (χ3v) is 2.83. The molecule has 1 amide bonds. The van der Waals surface area contributed by atoms with E-state index in [-0.39, 0.29) is 5.57 Å². The summed E-state index contributed by atoms with van der Waals surface area (Å²) in [6.07, 6.45) is 4.67. The van der Waals surface area contributed by atoms with Crippen LogP contribution in [0.1, 0.15) is 5.56 Å². The summed E-state index contributed by atoms with van der Waals surface area (Å²) in [6, 6.07) is 12.1. The SMILES string of the molecule is N#C/C(=C\c1ccncc1)C(=O)Nc1ccccc1Cl. The Morgan fingerprint density at radius 1 is 1.25 bits per heavy atom. The molecule has 1 N–H and O–H groups in total. The zero-order valence-electron chi connectivity index (χ0n) is 10.4. The summed E-state index contributed by atoms with van der Waals surface area (Å²) in [6.45, 7) is 0. The molecule has 0 saturated heterocycles. The van der Waals surface area contributed by atoms with Crippen molar-refractivity contribution in [2.45, 2.75) is 0 Å². The fraction of sp³-hybridized carbons (Fsp3) is 0. The Morgan fingerprint density at radius 2 is 1.95 bits per heavy atom. The van der Waals surface area contributed by atoms with E-state index < -0.39 is 5.91 Å². The smallest absolute Gasteiger partial charge is 0.266 e. The van der Waals surface area contributed by atoms with E-state index in [1.807, 2.05) is 6.07 Å². The maximum Gasteiger partial charge on any atom is 0.266 e. The van der Waals surface area contributed by atoms with Crippen molar-refractivity contribution in [3.05, 3.63) is 65.0 Å². The molecule has 98 valence electrons. The summed E-state index contributed by atoms with van der Waals surface area (Å²) in [7, 11) is 0. The molecule has 2 aromatic rings. The number of carbonyl (C=O) groups is 1. The summed E-state index contributed by atoms with van der Waals surface area (Å²) in [4.78, 5) is 15.9. The van der Waals surface area contributed by atoms with Gasteiger partial charge < -0.3 is 5.32 Å². The monoisotopic (exact) mass is 283 g/mol. The van der Waals surface area contributed by atoms with Gasteiger partial charge in [0.15, 0.2) is 0 Å². The molecule has 0 aliphatic heterocycles. The minimum absolute atomic E-state index is 0.00359. The first-order valence-electron chi connectivity index (χ1n) is 5.78. The first kappa shape index (κ1) is 13.8. The van der Waals surface area contributed by atoms with Crippen molar-refractivity contribution in [3.63, 3.8) is 0 Å². The van der Waals surface area contributed by atoms with Crippen molar-refractivity contribution < 1.29 is 4.79 Å².